The van der Waals surface area contributed by atoms with Gasteiger partial charge in [0.25, 0.3) is 0 Å². The molecule has 0 aromatic carbocycles. The van der Waals surface area contributed by atoms with Crippen molar-refractivity contribution in [2.24, 2.45) is 17.3 Å². The Labute approximate surface area is 108 Å². The summed E-state index contributed by atoms with van der Waals surface area (Å²) in [7, 11) is 0. The Morgan fingerprint density at radius 1 is 1.06 bits per heavy atom. The summed E-state index contributed by atoms with van der Waals surface area (Å²) in [6.07, 6.45) is 10.2. The molecule has 0 aromatic heterocycles. The number of likely N-dealkylation sites (tertiary alicyclic amines) is 1. The molecule has 1 saturated carbocycles. The molecule has 0 aromatic rings. The van der Waals surface area contributed by atoms with Gasteiger partial charge in [0.05, 0.1) is 0 Å². The SMILES string of the molecule is CC(C)C1CCN(CC2(C)CCCCC2)CC1. The van der Waals surface area contributed by atoms with E-state index in [4.69, 9.17) is 0 Å². The molecule has 2 aliphatic rings. The fraction of sp³-hybridized carbons (Fsp3) is 1.00. The zero-order valence-corrected chi connectivity index (χ0v) is 12.2. The highest BCUT2D eigenvalue weighted by atomic mass is 15.1. The van der Waals surface area contributed by atoms with Gasteiger partial charge in [-0.05, 0) is 56.0 Å². The zero-order valence-electron chi connectivity index (χ0n) is 12.2. The molecule has 0 N–H and O–H groups in total. The highest BCUT2D eigenvalue weighted by Gasteiger charge is 2.31. The van der Waals surface area contributed by atoms with Gasteiger partial charge in [0.2, 0.25) is 0 Å². The predicted molar refractivity (Wildman–Crippen MR) is 75.2 cm³/mol. The van der Waals surface area contributed by atoms with Gasteiger partial charge < -0.3 is 4.90 Å². The average molecular weight is 237 g/mol. The summed E-state index contributed by atoms with van der Waals surface area (Å²) in [5.74, 6) is 1.88. The lowest BCUT2D eigenvalue weighted by Crippen LogP contribution is -2.42. The quantitative estimate of drug-likeness (QED) is 0.706. The lowest BCUT2D eigenvalue weighted by molar-refractivity contribution is 0.0829. The third-order valence-electron chi connectivity index (χ3n) is 5.24. The number of piperidine rings is 1. The van der Waals surface area contributed by atoms with Crippen LogP contribution in [0.2, 0.25) is 0 Å². The largest absolute Gasteiger partial charge is 0.303 e. The van der Waals surface area contributed by atoms with Crippen molar-refractivity contribution in [2.45, 2.75) is 65.7 Å². The third kappa shape index (κ3) is 3.71. The Hall–Kier alpha value is -0.0400. The van der Waals surface area contributed by atoms with Crippen LogP contribution in [0.15, 0.2) is 0 Å². The molecule has 1 heterocycles. The van der Waals surface area contributed by atoms with E-state index in [-0.39, 0.29) is 0 Å². The maximum Gasteiger partial charge on any atom is 0.00353 e. The van der Waals surface area contributed by atoms with E-state index in [2.05, 4.69) is 25.7 Å². The van der Waals surface area contributed by atoms with E-state index in [1.165, 1.54) is 64.6 Å². The van der Waals surface area contributed by atoms with Crippen LogP contribution < -0.4 is 0 Å². The van der Waals surface area contributed by atoms with E-state index < -0.39 is 0 Å². The number of nitrogens with zero attached hydrogens (tertiary/aromatic N) is 1. The van der Waals surface area contributed by atoms with Gasteiger partial charge in [-0.3, -0.25) is 0 Å². The van der Waals surface area contributed by atoms with Crippen LogP contribution in [-0.4, -0.2) is 24.5 Å². The van der Waals surface area contributed by atoms with Crippen molar-refractivity contribution in [3.8, 4) is 0 Å². The summed E-state index contributed by atoms with van der Waals surface area (Å²) in [6.45, 7) is 11.4. The van der Waals surface area contributed by atoms with Crippen LogP contribution in [0.5, 0.6) is 0 Å². The first kappa shape index (κ1) is 13.4. The predicted octanol–water partition coefficient (Wildman–Crippen LogP) is 4.32. The fourth-order valence-corrected chi connectivity index (χ4v) is 3.88. The second-order valence-electron chi connectivity index (χ2n) is 7.23. The minimum atomic E-state index is 0.642. The molecule has 2 rings (SSSR count). The van der Waals surface area contributed by atoms with E-state index in [9.17, 15) is 0 Å². The van der Waals surface area contributed by atoms with Crippen LogP contribution in [0.4, 0.5) is 0 Å². The highest BCUT2D eigenvalue weighted by molar-refractivity contribution is 4.84. The third-order valence-corrected chi connectivity index (χ3v) is 5.24. The standard InChI is InChI=1S/C16H31N/c1-14(2)15-7-11-17(12-8-15)13-16(3)9-5-4-6-10-16/h14-15H,4-13H2,1-3H3. The molecule has 1 saturated heterocycles. The molecule has 0 unspecified atom stereocenters. The molecule has 1 heteroatoms. The number of hydrogen-bond donors (Lipinski definition) is 0. The molecular formula is C16H31N. The lowest BCUT2D eigenvalue weighted by Gasteiger charge is -2.41. The van der Waals surface area contributed by atoms with Crippen LogP contribution in [0.25, 0.3) is 0 Å². The fourth-order valence-electron chi connectivity index (χ4n) is 3.88. The van der Waals surface area contributed by atoms with E-state index in [1.807, 2.05) is 0 Å². The number of rotatable bonds is 3. The first-order valence-corrected chi connectivity index (χ1v) is 7.81. The van der Waals surface area contributed by atoms with Gasteiger partial charge in [-0.2, -0.15) is 0 Å². The Bertz CT molecular complexity index is 220. The van der Waals surface area contributed by atoms with Crippen LogP contribution in [0, 0.1) is 17.3 Å². The smallest absolute Gasteiger partial charge is 0.00353 e. The van der Waals surface area contributed by atoms with Gasteiger partial charge in [-0.25, -0.2) is 0 Å². The second-order valence-corrected chi connectivity index (χ2v) is 7.23. The molecular weight excluding hydrogens is 206 g/mol. The molecule has 1 nitrogen and oxygen atoms in total. The molecule has 100 valence electrons. The van der Waals surface area contributed by atoms with Gasteiger partial charge in [0.1, 0.15) is 0 Å². The molecule has 17 heavy (non-hydrogen) atoms. The summed E-state index contributed by atoms with van der Waals surface area (Å²) in [5.41, 5.74) is 0.642. The van der Waals surface area contributed by atoms with E-state index in [1.54, 1.807) is 0 Å². The second kappa shape index (κ2) is 5.73. The molecule has 0 spiro atoms. The Kier molecular flexibility index (Phi) is 4.52. The molecule has 0 radical (unpaired) electrons. The van der Waals surface area contributed by atoms with E-state index in [0.717, 1.165) is 11.8 Å². The van der Waals surface area contributed by atoms with Gasteiger partial charge >= 0.3 is 0 Å². The van der Waals surface area contributed by atoms with Crippen molar-refractivity contribution >= 4 is 0 Å². The van der Waals surface area contributed by atoms with Gasteiger partial charge in [-0.15, -0.1) is 0 Å². The van der Waals surface area contributed by atoms with Gasteiger partial charge in [-0.1, -0.05) is 40.0 Å². The van der Waals surface area contributed by atoms with Crippen LogP contribution in [-0.2, 0) is 0 Å². The molecule has 1 aliphatic carbocycles. The summed E-state index contributed by atoms with van der Waals surface area (Å²) in [6, 6.07) is 0. The van der Waals surface area contributed by atoms with Crippen molar-refractivity contribution in [1.29, 1.82) is 0 Å². The van der Waals surface area contributed by atoms with Crippen molar-refractivity contribution < 1.29 is 0 Å². The average Bonchev–Trinajstić information content (AvgIpc) is 2.30. The van der Waals surface area contributed by atoms with Crippen LogP contribution in [0.1, 0.15) is 65.7 Å². The first-order chi connectivity index (χ1) is 8.09. The summed E-state index contributed by atoms with van der Waals surface area (Å²) >= 11 is 0. The van der Waals surface area contributed by atoms with Crippen molar-refractivity contribution in [2.75, 3.05) is 19.6 Å². The summed E-state index contributed by atoms with van der Waals surface area (Å²) in [4.78, 5) is 2.75. The summed E-state index contributed by atoms with van der Waals surface area (Å²) in [5, 5.41) is 0. The normalized spacial score (nSPS) is 27.5. The maximum atomic E-state index is 2.75. The first-order valence-electron chi connectivity index (χ1n) is 7.81. The van der Waals surface area contributed by atoms with Gasteiger partial charge in [0.15, 0.2) is 0 Å². The lowest BCUT2D eigenvalue weighted by atomic mass is 9.75. The highest BCUT2D eigenvalue weighted by Crippen LogP contribution is 2.37. The molecule has 1 aliphatic heterocycles. The Balaban J connectivity index is 1.77. The Morgan fingerprint density at radius 2 is 1.65 bits per heavy atom. The molecule has 0 bridgehead atoms. The Morgan fingerprint density at radius 3 is 2.18 bits per heavy atom. The monoisotopic (exact) mass is 237 g/mol. The maximum absolute atomic E-state index is 2.75. The molecule has 0 amide bonds. The van der Waals surface area contributed by atoms with Crippen molar-refractivity contribution in [3.05, 3.63) is 0 Å². The topological polar surface area (TPSA) is 3.24 Å². The van der Waals surface area contributed by atoms with E-state index in [0.29, 0.717) is 5.41 Å². The summed E-state index contributed by atoms with van der Waals surface area (Å²) < 4.78 is 0. The molecule has 0 atom stereocenters. The van der Waals surface area contributed by atoms with Crippen molar-refractivity contribution in [3.63, 3.8) is 0 Å². The van der Waals surface area contributed by atoms with Crippen LogP contribution >= 0.6 is 0 Å². The minimum Gasteiger partial charge on any atom is -0.303 e. The van der Waals surface area contributed by atoms with E-state index >= 15 is 0 Å². The number of hydrogen-bond acceptors (Lipinski definition) is 1. The van der Waals surface area contributed by atoms with Crippen molar-refractivity contribution in [1.82, 2.24) is 4.90 Å². The zero-order chi connectivity index (χ0) is 12.3. The molecule has 2 fully saturated rings. The van der Waals surface area contributed by atoms with Gasteiger partial charge in [0, 0.05) is 6.54 Å². The van der Waals surface area contributed by atoms with Crippen LogP contribution in [0.3, 0.4) is 0 Å². The minimum absolute atomic E-state index is 0.642.